The van der Waals surface area contributed by atoms with Crippen LogP contribution in [0.15, 0.2) is 102 Å². The molecule has 0 saturated carbocycles. The highest BCUT2D eigenvalue weighted by Gasteiger charge is 2.18. The number of pyridine rings is 1. The van der Waals surface area contributed by atoms with Crippen LogP contribution in [0.5, 0.6) is 17.2 Å². The van der Waals surface area contributed by atoms with Crippen LogP contribution in [0.25, 0.3) is 10.9 Å². The number of aromatic hydroxyl groups is 1. The van der Waals surface area contributed by atoms with Crippen molar-refractivity contribution in [3.8, 4) is 17.2 Å². The lowest BCUT2D eigenvalue weighted by molar-refractivity contribution is -0.118. The van der Waals surface area contributed by atoms with Crippen molar-refractivity contribution in [3.05, 3.63) is 130 Å². The van der Waals surface area contributed by atoms with Gasteiger partial charge in [0.1, 0.15) is 17.2 Å². The highest BCUT2D eigenvalue weighted by molar-refractivity contribution is 5.92. The maximum absolute atomic E-state index is 12.8. The molecule has 4 aromatic carbocycles. The summed E-state index contributed by atoms with van der Waals surface area (Å²) in [7, 11) is 0. The zero-order chi connectivity index (χ0) is 34.0. The van der Waals surface area contributed by atoms with Crippen molar-refractivity contribution in [2.24, 2.45) is 0 Å². The van der Waals surface area contributed by atoms with E-state index >= 15 is 0 Å². The van der Waals surface area contributed by atoms with Crippen molar-refractivity contribution in [2.45, 2.75) is 25.6 Å². The minimum absolute atomic E-state index is 0.0802. The standard InChI is InChI=1S/C36H36N4O8/c1-2-47-31-18-25(12-11-24(31)19-37-20-30(42)27-13-15-29(41)35-28(27)14-16-32(43)39-35)38-33(44)21-48-26-10-6-9-23(17-26)34(40-36(45)46)22-7-4-3-5-8-22/h3-18,30,34,37,40-42H,2,19-21H2,1H3,(H,38,44)(H,39,43)(H,45,46). The Morgan fingerprint density at radius 3 is 2.46 bits per heavy atom. The normalized spacial score (nSPS) is 12.2. The fourth-order valence-corrected chi connectivity index (χ4v) is 5.33. The number of fused-ring (bicyclic) bond motifs is 1. The SMILES string of the molecule is CCOc1cc(NC(=O)COc2cccc(C(NC(=O)O)c3ccccc3)c2)ccc1CNCC(O)c1ccc(O)c2[nH]c(=O)ccc12. The molecule has 0 aliphatic carbocycles. The molecule has 2 unspecified atom stereocenters. The summed E-state index contributed by atoms with van der Waals surface area (Å²) in [5.41, 5.74) is 3.19. The van der Waals surface area contributed by atoms with Crippen LogP contribution < -0.4 is 31.0 Å². The summed E-state index contributed by atoms with van der Waals surface area (Å²) >= 11 is 0. The summed E-state index contributed by atoms with van der Waals surface area (Å²) in [6, 6.07) is 26.6. The second kappa shape index (κ2) is 15.6. The number of phenolic OH excluding ortho intramolecular Hbond substituents is 1. The fourth-order valence-electron chi connectivity index (χ4n) is 5.33. The molecule has 2 amide bonds. The lowest BCUT2D eigenvalue weighted by Crippen LogP contribution is -2.27. The van der Waals surface area contributed by atoms with Gasteiger partial charge in [0.05, 0.1) is 24.3 Å². The van der Waals surface area contributed by atoms with Crippen LogP contribution >= 0.6 is 0 Å². The number of aromatic nitrogens is 1. The van der Waals surface area contributed by atoms with E-state index in [1.54, 1.807) is 48.5 Å². The number of anilines is 1. The van der Waals surface area contributed by atoms with Gasteiger partial charge in [0.15, 0.2) is 6.61 Å². The van der Waals surface area contributed by atoms with Crippen molar-refractivity contribution >= 4 is 28.6 Å². The lowest BCUT2D eigenvalue weighted by Gasteiger charge is -2.19. The number of nitrogens with one attached hydrogen (secondary N) is 4. The molecule has 1 aromatic heterocycles. The van der Waals surface area contributed by atoms with Crippen molar-refractivity contribution in [1.82, 2.24) is 15.6 Å². The first-order valence-electron chi connectivity index (χ1n) is 15.3. The van der Waals surface area contributed by atoms with Crippen molar-refractivity contribution < 1.29 is 34.4 Å². The van der Waals surface area contributed by atoms with Crippen LogP contribution in [-0.2, 0) is 11.3 Å². The van der Waals surface area contributed by atoms with E-state index in [1.807, 2.05) is 43.3 Å². The number of aliphatic hydroxyl groups excluding tert-OH is 1. The number of carboxylic acid groups (broad SMARTS) is 1. The van der Waals surface area contributed by atoms with Crippen molar-refractivity contribution in [3.63, 3.8) is 0 Å². The van der Waals surface area contributed by atoms with Crippen LogP contribution in [-0.4, -0.2) is 52.1 Å². The van der Waals surface area contributed by atoms with Gasteiger partial charge in [-0.15, -0.1) is 0 Å². The van der Waals surface area contributed by atoms with Crippen LogP contribution in [0.3, 0.4) is 0 Å². The average Bonchev–Trinajstić information content (AvgIpc) is 3.08. The Kier molecular flexibility index (Phi) is 10.9. The molecule has 5 rings (SSSR count). The molecule has 2 atom stereocenters. The number of hydrogen-bond donors (Lipinski definition) is 7. The highest BCUT2D eigenvalue weighted by atomic mass is 16.5. The van der Waals surface area contributed by atoms with Gasteiger partial charge in [-0.25, -0.2) is 4.79 Å². The third kappa shape index (κ3) is 8.49. The van der Waals surface area contributed by atoms with Crippen molar-refractivity contribution in [1.29, 1.82) is 0 Å². The van der Waals surface area contributed by atoms with Crippen LogP contribution in [0, 0.1) is 0 Å². The van der Waals surface area contributed by atoms with Gasteiger partial charge in [0, 0.05) is 41.9 Å². The molecule has 0 aliphatic rings. The zero-order valence-electron chi connectivity index (χ0n) is 26.1. The molecule has 0 bridgehead atoms. The lowest BCUT2D eigenvalue weighted by atomic mass is 9.99. The predicted molar refractivity (Wildman–Crippen MR) is 181 cm³/mol. The maximum atomic E-state index is 12.8. The van der Waals surface area contributed by atoms with E-state index in [0.29, 0.717) is 46.9 Å². The molecule has 0 fully saturated rings. The van der Waals surface area contributed by atoms with E-state index in [1.165, 1.54) is 12.1 Å². The number of aliphatic hydroxyl groups is 1. The topological polar surface area (TPSA) is 182 Å². The summed E-state index contributed by atoms with van der Waals surface area (Å²) in [6.07, 6.45) is -2.09. The summed E-state index contributed by atoms with van der Waals surface area (Å²) in [6.45, 7) is 2.50. The number of H-pyrrole nitrogens is 1. The van der Waals surface area contributed by atoms with E-state index in [9.17, 15) is 29.7 Å². The number of amides is 2. The monoisotopic (exact) mass is 652 g/mol. The van der Waals surface area contributed by atoms with Gasteiger partial charge >= 0.3 is 6.09 Å². The molecular formula is C36H36N4O8. The minimum Gasteiger partial charge on any atom is -0.506 e. The summed E-state index contributed by atoms with van der Waals surface area (Å²) in [5.74, 6) is 0.477. The number of aromatic amines is 1. The number of ether oxygens (including phenoxy) is 2. The Bertz CT molecular complexity index is 1950. The molecule has 5 aromatic rings. The molecule has 1 heterocycles. The molecule has 12 nitrogen and oxygen atoms in total. The van der Waals surface area contributed by atoms with Gasteiger partial charge in [-0.1, -0.05) is 54.6 Å². The van der Waals surface area contributed by atoms with E-state index in [4.69, 9.17) is 9.47 Å². The van der Waals surface area contributed by atoms with E-state index in [2.05, 4.69) is 20.9 Å². The summed E-state index contributed by atoms with van der Waals surface area (Å²) in [4.78, 5) is 38.6. The molecular weight excluding hydrogens is 616 g/mol. The van der Waals surface area contributed by atoms with Crippen LogP contribution in [0.1, 0.15) is 41.3 Å². The van der Waals surface area contributed by atoms with E-state index < -0.39 is 24.1 Å². The first-order valence-corrected chi connectivity index (χ1v) is 15.3. The molecule has 0 spiro atoms. The van der Waals surface area contributed by atoms with Crippen LogP contribution in [0.2, 0.25) is 0 Å². The summed E-state index contributed by atoms with van der Waals surface area (Å²) in [5, 5.41) is 39.5. The molecule has 0 aliphatic heterocycles. The smallest absolute Gasteiger partial charge is 0.405 e. The zero-order valence-corrected chi connectivity index (χ0v) is 26.1. The van der Waals surface area contributed by atoms with Crippen LogP contribution in [0.4, 0.5) is 10.5 Å². The van der Waals surface area contributed by atoms with Crippen molar-refractivity contribution in [2.75, 3.05) is 25.1 Å². The molecule has 0 radical (unpaired) electrons. The van der Waals surface area contributed by atoms with Gasteiger partial charge in [-0.2, -0.15) is 0 Å². The largest absolute Gasteiger partial charge is 0.506 e. The Labute approximate surface area is 276 Å². The molecule has 48 heavy (non-hydrogen) atoms. The fraction of sp³-hybridized carbons (Fsp3) is 0.194. The summed E-state index contributed by atoms with van der Waals surface area (Å²) < 4.78 is 11.6. The predicted octanol–water partition coefficient (Wildman–Crippen LogP) is 4.83. The van der Waals surface area contributed by atoms with Gasteiger partial charge < -0.3 is 45.7 Å². The first kappa shape index (κ1) is 33.5. The average molecular weight is 653 g/mol. The van der Waals surface area contributed by atoms with E-state index in [0.717, 1.165) is 11.1 Å². The van der Waals surface area contributed by atoms with Gasteiger partial charge in [0.2, 0.25) is 5.56 Å². The maximum Gasteiger partial charge on any atom is 0.405 e. The molecule has 12 heteroatoms. The Morgan fingerprint density at radius 1 is 0.896 bits per heavy atom. The highest BCUT2D eigenvalue weighted by Crippen LogP contribution is 2.29. The Hall–Kier alpha value is -5.85. The van der Waals surface area contributed by atoms with Gasteiger partial charge in [-0.05, 0) is 53.9 Å². The number of carbonyl (C=O) groups is 2. The molecule has 7 N–H and O–H groups in total. The molecule has 248 valence electrons. The molecule has 0 saturated heterocycles. The van der Waals surface area contributed by atoms with Gasteiger partial charge in [0.25, 0.3) is 5.91 Å². The minimum atomic E-state index is -1.16. The number of rotatable bonds is 14. The Balaban J connectivity index is 1.18. The van der Waals surface area contributed by atoms with E-state index in [-0.39, 0.29) is 30.0 Å². The van der Waals surface area contributed by atoms with Gasteiger partial charge in [-0.3, -0.25) is 9.59 Å². The Morgan fingerprint density at radius 2 is 1.69 bits per heavy atom. The second-order valence-corrected chi connectivity index (χ2v) is 10.9. The number of hydrogen-bond acceptors (Lipinski definition) is 8. The third-order valence-corrected chi connectivity index (χ3v) is 7.53. The number of carbonyl (C=O) groups excluding carboxylic acids is 1. The third-order valence-electron chi connectivity index (χ3n) is 7.53. The second-order valence-electron chi connectivity index (χ2n) is 10.9. The first-order chi connectivity index (χ1) is 23.2. The number of benzene rings is 4. The quantitative estimate of drug-likeness (QED) is 0.0884. The number of phenols is 1.